The van der Waals surface area contributed by atoms with Gasteiger partial charge < -0.3 is 14.8 Å². The van der Waals surface area contributed by atoms with Gasteiger partial charge in [0.25, 0.3) is 0 Å². The van der Waals surface area contributed by atoms with Gasteiger partial charge in [0, 0.05) is 24.9 Å². The summed E-state index contributed by atoms with van der Waals surface area (Å²) in [5, 5.41) is 3.31. The lowest BCUT2D eigenvalue weighted by Gasteiger charge is -2.13. The number of aldehydes is 1. The normalized spacial score (nSPS) is 10.4. The number of anilines is 1. The molecule has 23 heavy (non-hydrogen) atoms. The minimum absolute atomic E-state index is 0.528. The van der Waals surface area contributed by atoms with Crippen molar-refractivity contribution in [2.45, 2.75) is 13.8 Å². The molecule has 122 valence electrons. The SMILES string of the molecule is CCNc1cc(-c2ccc(OCCOC)cc2)cc(C=O)c1C. The van der Waals surface area contributed by atoms with Crippen molar-refractivity contribution in [3.63, 3.8) is 0 Å². The standard InChI is InChI=1S/C19H23NO3/c1-4-20-19-12-16(11-17(13-21)14(19)2)15-5-7-18(8-6-15)23-10-9-22-3/h5-8,11-13,20H,4,9-10H2,1-3H3. The van der Waals surface area contributed by atoms with E-state index in [0.29, 0.717) is 18.8 Å². The summed E-state index contributed by atoms with van der Waals surface area (Å²) >= 11 is 0. The molecule has 0 aliphatic carbocycles. The zero-order valence-electron chi connectivity index (χ0n) is 13.9. The van der Waals surface area contributed by atoms with Gasteiger partial charge in [-0.3, -0.25) is 4.79 Å². The molecule has 0 fully saturated rings. The van der Waals surface area contributed by atoms with E-state index in [2.05, 4.69) is 11.4 Å². The molecule has 2 rings (SSSR count). The molecule has 0 radical (unpaired) electrons. The predicted octanol–water partition coefficient (Wildman–Crippen LogP) is 3.93. The minimum Gasteiger partial charge on any atom is -0.491 e. The molecule has 0 unspecified atom stereocenters. The van der Waals surface area contributed by atoms with Crippen LogP contribution in [0.1, 0.15) is 22.8 Å². The van der Waals surface area contributed by atoms with Crippen LogP contribution in [0.4, 0.5) is 5.69 Å². The molecule has 4 heteroatoms. The molecule has 0 saturated heterocycles. The average molecular weight is 313 g/mol. The van der Waals surface area contributed by atoms with E-state index in [4.69, 9.17) is 9.47 Å². The quantitative estimate of drug-likeness (QED) is 0.592. The maximum atomic E-state index is 11.3. The van der Waals surface area contributed by atoms with Crippen molar-refractivity contribution in [3.05, 3.63) is 47.5 Å². The summed E-state index contributed by atoms with van der Waals surface area (Å²) in [6.45, 7) is 5.90. The summed E-state index contributed by atoms with van der Waals surface area (Å²) in [5.41, 5.74) is 4.74. The Balaban J connectivity index is 2.26. The summed E-state index contributed by atoms with van der Waals surface area (Å²) in [6.07, 6.45) is 0.905. The smallest absolute Gasteiger partial charge is 0.150 e. The van der Waals surface area contributed by atoms with Crippen LogP contribution in [0.5, 0.6) is 5.75 Å². The van der Waals surface area contributed by atoms with Crippen molar-refractivity contribution < 1.29 is 14.3 Å². The maximum absolute atomic E-state index is 11.3. The van der Waals surface area contributed by atoms with Crippen molar-refractivity contribution >= 4 is 12.0 Å². The minimum atomic E-state index is 0.528. The first-order valence-electron chi connectivity index (χ1n) is 7.75. The van der Waals surface area contributed by atoms with Gasteiger partial charge in [-0.1, -0.05) is 12.1 Å². The van der Waals surface area contributed by atoms with Gasteiger partial charge in [0.2, 0.25) is 0 Å². The lowest BCUT2D eigenvalue weighted by atomic mass is 9.98. The number of hydrogen-bond donors (Lipinski definition) is 1. The molecule has 0 atom stereocenters. The zero-order chi connectivity index (χ0) is 16.7. The molecule has 0 amide bonds. The Morgan fingerprint density at radius 2 is 1.83 bits per heavy atom. The van der Waals surface area contributed by atoms with Crippen LogP contribution in [-0.4, -0.2) is 33.2 Å². The molecule has 2 aromatic carbocycles. The molecular weight excluding hydrogens is 290 g/mol. The van der Waals surface area contributed by atoms with Crippen LogP contribution in [0.25, 0.3) is 11.1 Å². The molecule has 1 N–H and O–H groups in total. The summed E-state index contributed by atoms with van der Waals surface area (Å²) in [5.74, 6) is 0.806. The number of carbonyl (C=O) groups is 1. The maximum Gasteiger partial charge on any atom is 0.150 e. The van der Waals surface area contributed by atoms with Crippen molar-refractivity contribution in [1.82, 2.24) is 0 Å². The zero-order valence-corrected chi connectivity index (χ0v) is 13.9. The molecule has 0 heterocycles. The number of methoxy groups -OCH3 is 1. The highest BCUT2D eigenvalue weighted by molar-refractivity contribution is 5.85. The highest BCUT2D eigenvalue weighted by Gasteiger charge is 2.08. The molecule has 0 bridgehead atoms. The topological polar surface area (TPSA) is 47.6 Å². The Morgan fingerprint density at radius 3 is 2.43 bits per heavy atom. The molecule has 2 aromatic rings. The fraction of sp³-hybridized carbons (Fsp3) is 0.316. The fourth-order valence-corrected chi connectivity index (χ4v) is 2.39. The van der Waals surface area contributed by atoms with Gasteiger partial charge in [0.05, 0.1) is 6.61 Å². The average Bonchev–Trinajstić information content (AvgIpc) is 2.58. The molecule has 0 aliphatic heterocycles. The number of nitrogens with one attached hydrogen (secondary N) is 1. The molecule has 4 nitrogen and oxygen atoms in total. The third-order valence-electron chi connectivity index (χ3n) is 3.69. The van der Waals surface area contributed by atoms with Crippen molar-refractivity contribution in [2.24, 2.45) is 0 Å². The lowest BCUT2D eigenvalue weighted by Crippen LogP contribution is -2.04. The van der Waals surface area contributed by atoms with Crippen LogP contribution in [0.15, 0.2) is 36.4 Å². The number of ether oxygens (including phenoxy) is 2. The van der Waals surface area contributed by atoms with Crippen molar-refractivity contribution in [1.29, 1.82) is 0 Å². The molecule has 0 aliphatic rings. The van der Waals surface area contributed by atoms with Crippen molar-refractivity contribution in [2.75, 3.05) is 32.2 Å². The number of hydrogen-bond acceptors (Lipinski definition) is 4. The van der Waals surface area contributed by atoms with Crippen LogP contribution in [0, 0.1) is 6.92 Å². The third-order valence-corrected chi connectivity index (χ3v) is 3.69. The Bertz CT molecular complexity index is 650. The van der Waals surface area contributed by atoms with Crippen LogP contribution in [0.3, 0.4) is 0 Å². The summed E-state index contributed by atoms with van der Waals surface area (Å²) in [7, 11) is 1.65. The molecular formula is C19H23NO3. The summed E-state index contributed by atoms with van der Waals surface area (Å²) in [6, 6.07) is 11.8. The van der Waals surface area contributed by atoms with Crippen LogP contribution in [-0.2, 0) is 4.74 Å². The first-order chi connectivity index (χ1) is 11.2. The van der Waals surface area contributed by atoms with Gasteiger partial charge >= 0.3 is 0 Å². The van der Waals surface area contributed by atoms with E-state index in [9.17, 15) is 4.79 Å². The number of rotatable bonds is 8. The number of carbonyl (C=O) groups excluding carboxylic acids is 1. The first-order valence-corrected chi connectivity index (χ1v) is 7.75. The summed E-state index contributed by atoms with van der Waals surface area (Å²) < 4.78 is 10.5. The fourth-order valence-electron chi connectivity index (χ4n) is 2.39. The van der Waals surface area contributed by atoms with E-state index in [0.717, 1.165) is 41.0 Å². The Morgan fingerprint density at radius 1 is 1.09 bits per heavy atom. The monoisotopic (exact) mass is 313 g/mol. The van der Waals surface area contributed by atoms with E-state index < -0.39 is 0 Å². The highest BCUT2D eigenvalue weighted by atomic mass is 16.5. The molecule has 0 spiro atoms. The Kier molecular flexibility index (Phi) is 6.18. The van der Waals surface area contributed by atoms with Gasteiger partial charge in [-0.25, -0.2) is 0 Å². The largest absolute Gasteiger partial charge is 0.491 e. The first kappa shape index (κ1) is 17.0. The lowest BCUT2D eigenvalue weighted by molar-refractivity contribution is 0.112. The molecule has 0 aromatic heterocycles. The van der Waals surface area contributed by atoms with E-state index in [-0.39, 0.29) is 0 Å². The van der Waals surface area contributed by atoms with Gasteiger partial charge in [0.1, 0.15) is 18.6 Å². The highest BCUT2D eigenvalue weighted by Crippen LogP contribution is 2.29. The summed E-state index contributed by atoms with van der Waals surface area (Å²) in [4.78, 5) is 11.3. The third kappa shape index (κ3) is 4.33. The van der Waals surface area contributed by atoms with Gasteiger partial charge in [-0.05, 0) is 54.8 Å². The van der Waals surface area contributed by atoms with E-state index in [1.165, 1.54) is 0 Å². The number of benzene rings is 2. The van der Waals surface area contributed by atoms with E-state index >= 15 is 0 Å². The second kappa shape index (κ2) is 8.34. The van der Waals surface area contributed by atoms with Crippen LogP contribution < -0.4 is 10.1 Å². The second-order valence-electron chi connectivity index (χ2n) is 5.25. The Labute approximate surface area is 137 Å². The van der Waals surface area contributed by atoms with Crippen LogP contribution >= 0.6 is 0 Å². The Hall–Kier alpha value is -2.33. The van der Waals surface area contributed by atoms with Gasteiger partial charge in [-0.15, -0.1) is 0 Å². The second-order valence-corrected chi connectivity index (χ2v) is 5.25. The van der Waals surface area contributed by atoms with Gasteiger partial charge in [0.15, 0.2) is 0 Å². The predicted molar refractivity (Wildman–Crippen MR) is 93.5 cm³/mol. The molecule has 0 saturated carbocycles. The van der Waals surface area contributed by atoms with Crippen molar-refractivity contribution in [3.8, 4) is 16.9 Å². The van der Waals surface area contributed by atoms with Gasteiger partial charge in [-0.2, -0.15) is 0 Å². The van der Waals surface area contributed by atoms with E-state index in [1.807, 2.05) is 44.2 Å². The van der Waals surface area contributed by atoms with E-state index in [1.54, 1.807) is 7.11 Å². The van der Waals surface area contributed by atoms with Crippen LogP contribution in [0.2, 0.25) is 0 Å².